The maximum absolute atomic E-state index is 12.5. The second-order valence-corrected chi connectivity index (χ2v) is 7.64. The van der Waals surface area contributed by atoms with Gasteiger partial charge in [-0.3, -0.25) is 10.1 Å². The monoisotopic (exact) mass is 349 g/mol. The molecule has 2 saturated heterocycles. The van der Waals surface area contributed by atoms with E-state index in [1.807, 2.05) is 0 Å². The van der Waals surface area contributed by atoms with E-state index in [-0.39, 0.29) is 11.9 Å². The average Bonchev–Trinajstić information content (AvgIpc) is 2.97. The van der Waals surface area contributed by atoms with E-state index in [4.69, 9.17) is 4.99 Å². The zero-order valence-corrected chi connectivity index (χ0v) is 15.7. The molecule has 3 heterocycles. The van der Waals surface area contributed by atoms with E-state index in [1.54, 1.807) is 11.9 Å². The van der Waals surface area contributed by atoms with Crippen LogP contribution in [0.4, 0.5) is 4.79 Å². The van der Waals surface area contributed by atoms with Crippen LogP contribution in [-0.4, -0.2) is 71.5 Å². The van der Waals surface area contributed by atoms with Crippen molar-refractivity contribution in [2.24, 2.45) is 10.9 Å². The fourth-order valence-electron chi connectivity index (χ4n) is 4.09. The molecule has 0 bridgehead atoms. The quantitative estimate of drug-likeness (QED) is 0.769. The molecule has 3 rings (SSSR count). The summed E-state index contributed by atoms with van der Waals surface area (Å²) in [6.45, 7) is 7.24. The van der Waals surface area contributed by atoms with E-state index >= 15 is 0 Å². The number of aliphatic imine (C=N–C) groups is 1. The number of nitrogens with one attached hydrogen (secondary N) is 1. The molecule has 7 nitrogen and oxygen atoms in total. The fourth-order valence-corrected chi connectivity index (χ4v) is 4.09. The van der Waals surface area contributed by atoms with Gasteiger partial charge in [-0.25, -0.2) is 9.79 Å². The number of rotatable bonds is 5. The molecule has 3 aliphatic rings. The summed E-state index contributed by atoms with van der Waals surface area (Å²) in [6.07, 6.45) is 6.59. The van der Waals surface area contributed by atoms with Gasteiger partial charge in [-0.1, -0.05) is 33.1 Å². The predicted octanol–water partition coefficient (Wildman–Crippen LogP) is 1.85. The molecule has 140 valence electrons. The summed E-state index contributed by atoms with van der Waals surface area (Å²) in [7, 11) is 1.72. The van der Waals surface area contributed by atoms with Crippen molar-refractivity contribution in [3.05, 3.63) is 0 Å². The van der Waals surface area contributed by atoms with E-state index < -0.39 is 12.2 Å². The first kappa shape index (κ1) is 18.0. The van der Waals surface area contributed by atoms with Crippen molar-refractivity contribution in [1.29, 1.82) is 0 Å². The number of urea groups is 1. The van der Waals surface area contributed by atoms with Crippen LogP contribution in [0.3, 0.4) is 0 Å². The van der Waals surface area contributed by atoms with Gasteiger partial charge in [0.15, 0.2) is 18.2 Å². The molecule has 0 radical (unpaired) electrons. The number of likely N-dealkylation sites (tertiary alicyclic amines) is 1. The van der Waals surface area contributed by atoms with Crippen LogP contribution in [0.15, 0.2) is 4.99 Å². The van der Waals surface area contributed by atoms with Crippen molar-refractivity contribution in [3.63, 3.8) is 0 Å². The average molecular weight is 349 g/mol. The lowest BCUT2D eigenvalue weighted by Gasteiger charge is -2.39. The van der Waals surface area contributed by atoms with Crippen molar-refractivity contribution >= 4 is 17.9 Å². The number of hydrogen-bond donors (Lipinski definition) is 1. The fraction of sp³-hybridized carbons (Fsp3) is 0.833. The van der Waals surface area contributed by atoms with Gasteiger partial charge in [0.2, 0.25) is 0 Å². The molecule has 0 spiro atoms. The summed E-state index contributed by atoms with van der Waals surface area (Å²) < 4.78 is 0. The predicted molar refractivity (Wildman–Crippen MR) is 97.1 cm³/mol. The Balaban J connectivity index is 1.80. The van der Waals surface area contributed by atoms with Crippen molar-refractivity contribution in [1.82, 2.24) is 20.0 Å². The van der Waals surface area contributed by atoms with E-state index in [2.05, 4.69) is 29.0 Å². The van der Waals surface area contributed by atoms with Crippen LogP contribution in [0.5, 0.6) is 0 Å². The molecule has 3 unspecified atom stereocenters. The zero-order valence-electron chi connectivity index (χ0n) is 15.7. The van der Waals surface area contributed by atoms with Crippen LogP contribution in [0.25, 0.3) is 0 Å². The molecule has 0 aromatic heterocycles. The molecule has 7 heteroatoms. The Morgan fingerprint density at radius 1 is 1.24 bits per heavy atom. The summed E-state index contributed by atoms with van der Waals surface area (Å²) >= 11 is 0. The third-order valence-corrected chi connectivity index (χ3v) is 5.53. The van der Waals surface area contributed by atoms with Gasteiger partial charge in [0.1, 0.15) is 0 Å². The SMILES string of the molecule is CCCCCCN1C(N2CCCC(C)C2)=NC2C1C(=O)NC(=O)N2C. The second kappa shape index (κ2) is 7.62. The van der Waals surface area contributed by atoms with E-state index in [0.29, 0.717) is 5.92 Å². The van der Waals surface area contributed by atoms with Crippen LogP contribution < -0.4 is 5.32 Å². The maximum atomic E-state index is 12.5. The molecular weight excluding hydrogens is 318 g/mol. The Kier molecular flexibility index (Phi) is 5.49. The normalized spacial score (nSPS) is 29.6. The summed E-state index contributed by atoms with van der Waals surface area (Å²) in [5.74, 6) is 1.33. The molecular formula is C18H31N5O2. The van der Waals surface area contributed by atoms with Gasteiger partial charge in [-0.2, -0.15) is 0 Å². The molecule has 1 N–H and O–H groups in total. The third kappa shape index (κ3) is 3.60. The Morgan fingerprint density at radius 3 is 2.76 bits per heavy atom. The third-order valence-electron chi connectivity index (χ3n) is 5.53. The lowest BCUT2D eigenvalue weighted by Crippen LogP contribution is -2.64. The van der Waals surface area contributed by atoms with Crippen molar-refractivity contribution in [2.75, 3.05) is 26.7 Å². The standard InChI is InChI=1S/C18H31N5O2/c1-4-5-6-7-11-23-14-15(21(3)18(25)20-16(14)24)19-17(23)22-10-8-9-13(2)12-22/h13-15H,4-12H2,1-3H3,(H,20,24,25). The molecule has 0 saturated carbocycles. The lowest BCUT2D eigenvalue weighted by atomic mass is 10.0. The number of carbonyl (C=O) groups excluding carboxylic acids is 2. The Bertz CT molecular complexity index is 550. The lowest BCUT2D eigenvalue weighted by molar-refractivity contribution is -0.127. The summed E-state index contributed by atoms with van der Waals surface area (Å²) in [4.78, 5) is 35.4. The van der Waals surface area contributed by atoms with Gasteiger partial charge in [0.25, 0.3) is 5.91 Å². The Labute approximate surface area is 150 Å². The second-order valence-electron chi connectivity index (χ2n) is 7.64. The van der Waals surface area contributed by atoms with Crippen LogP contribution in [-0.2, 0) is 4.79 Å². The number of nitrogens with zero attached hydrogens (tertiary/aromatic N) is 4. The van der Waals surface area contributed by atoms with Crippen molar-refractivity contribution in [2.45, 2.75) is 64.6 Å². The van der Waals surface area contributed by atoms with Crippen LogP contribution in [0.1, 0.15) is 52.4 Å². The molecule has 25 heavy (non-hydrogen) atoms. The number of imide groups is 1. The van der Waals surface area contributed by atoms with E-state index in [9.17, 15) is 9.59 Å². The number of amides is 3. The highest BCUT2D eigenvalue weighted by Crippen LogP contribution is 2.28. The van der Waals surface area contributed by atoms with Gasteiger partial charge >= 0.3 is 6.03 Å². The number of unbranched alkanes of at least 4 members (excludes halogenated alkanes) is 3. The minimum atomic E-state index is -0.403. The molecule has 0 aliphatic carbocycles. The number of likely N-dealkylation sites (N-methyl/N-ethyl adjacent to an activating group) is 1. The number of piperidine rings is 1. The smallest absolute Gasteiger partial charge is 0.325 e. The minimum Gasteiger partial charge on any atom is -0.342 e. The molecule has 3 atom stereocenters. The van der Waals surface area contributed by atoms with Gasteiger partial charge < -0.3 is 14.7 Å². The minimum absolute atomic E-state index is 0.215. The summed E-state index contributed by atoms with van der Waals surface area (Å²) in [6, 6.07) is -0.745. The van der Waals surface area contributed by atoms with Gasteiger partial charge in [-0.15, -0.1) is 0 Å². The number of fused-ring (bicyclic) bond motifs is 1. The largest absolute Gasteiger partial charge is 0.342 e. The van der Waals surface area contributed by atoms with Crippen LogP contribution in [0, 0.1) is 5.92 Å². The van der Waals surface area contributed by atoms with Gasteiger partial charge in [-0.05, 0) is 25.2 Å². The molecule has 0 aromatic carbocycles. The first-order valence-corrected chi connectivity index (χ1v) is 9.70. The highest BCUT2D eigenvalue weighted by molar-refractivity contribution is 6.03. The van der Waals surface area contributed by atoms with E-state index in [0.717, 1.165) is 44.9 Å². The Hall–Kier alpha value is -1.79. The number of carbonyl (C=O) groups is 2. The van der Waals surface area contributed by atoms with Crippen molar-refractivity contribution < 1.29 is 9.59 Å². The number of hydrogen-bond acceptors (Lipinski definition) is 5. The summed E-state index contributed by atoms with van der Waals surface area (Å²) in [5.41, 5.74) is 0. The molecule has 3 amide bonds. The highest BCUT2D eigenvalue weighted by atomic mass is 16.2. The Morgan fingerprint density at radius 2 is 2.04 bits per heavy atom. The first-order valence-electron chi connectivity index (χ1n) is 9.70. The molecule has 3 aliphatic heterocycles. The zero-order chi connectivity index (χ0) is 18.0. The summed E-state index contributed by atoms with van der Waals surface area (Å²) in [5, 5.41) is 2.48. The maximum Gasteiger partial charge on any atom is 0.325 e. The molecule has 0 aromatic rings. The highest BCUT2D eigenvalue weighted by Gasteiger charge is 2.49. The number of guanidine groups is 1. The van der Waals surface area contributed by atoms with Gasteiger partial charge in [0.05, 0.1) is 0 Å². The van der Waals surface area contributed by atoms with Crippen LogP contribution >= 0.6 is 0 Å². The van der Waals surface area contributed by atoms with Gasteiger partial charge in [0, 0.05) is 26.7 Å². The molecule has 2 fully saturated rings. The van der Waals surface area contributed by atoms with Crippen LogP contribution in [0.2, 0.25) is 0 Å². The topological polar surface area (TPSA) is 68.2 Å². The van der Waals surface area contributed by atoms with E-state index in [1.165, 1.54) is 19.3 Å². The first-order chi connectivity index (χ1) is 12.0. The van der Waals surface area contributed by atoms with Crippen molar-refractivity contribution in [3.8, 4) is 0 Å².